The molecule has 1 aliphatic rings. The molecule has 1 N–H and O–H groups in total. The van der Waals surface area contributed by atoms with Gasteiger partial charge in [-0.05, 0) is 19.8 Å². The molecule has 13 heavy (non-hydrogen) atoms. The number of carbonyl (C=O) groups excluding carboxylic acids is 1. The number of hydrogen-bond acceptors (Lipinski definition) is 2. The number of hydrogen-bond donors (Lipinski definition) is 1. The molecule has 0 bridgehead atoms. The Morgan fingerprint density at radius 1 is 1.54 bits per heavy atom. The topological polar surface area (TPSA) is 38.3 Å². The average Bonchev–Trinajstić information content (AvgIpc) is 2.04. The van der Waals surface area contributed by atoms with E-state index >= 15 is 0 Å². The van der Waals surface area contributed by atoms with Gasteiger partial charge in [-0.15, -0.1) is 11.6 Å². The smallest absolute Gasteiger partial charge is 0.221 e. The predicted molar refractivity (Wildman–Crippen MR) is 51.9 cm³/mol. The lowest BCUT2D eigenvalue weighted by atomic mass is 9.92. The fraction of sp³-hybridized carbons (Fsp3) is 0.889. The fourth-order valence-electron chi connectivity index (χ4n) is 1.43. The van der Waals surface area contributed by atoms with E-state index in [4.69, 9.17) is 16.3 Å². The zero-order valence-electron chi connectivity index (χ0n) is 7.94. The molecule has 0 spiro atoms. The molecule has 3 nitrogen and oxygen atoms in total. The van der Waals surface area contributed by atoms with Gasteiger partial charge in [-0.1, -0.05) is 0 Å². The predicted octanol–water partition coefficient (Wildman–Crippen LogP) is 1.30. The van der Waals surface area contributed by atoms with Crippen molar-refractivity contribution in [1.29, 1.82) is 0 Å². The molecule has 0 radical (unpaired) electrons. The monoisotopic (exact) mass is 205 g/mol. The van der Waals surface area contributed by atoms with E-state index < -0.39 is 0 Å². The summed E-state index contributed by atoms with van der Waals surface area (Å²) in [7, 11) is 0. The van der Waals surface area contributed by atoms with Crippen LogP contribution >= 0.6 is 11.6 Å². The highest BCUT2D eigenvalue weighted by Crippen LogP contribution is 2.19. The van der Waals surface area contributed by atoms with Crippen LogP contribution in [0.1, 0.15) is 26.2 Å². The van der Waals surface area contributed by atoms with Crippen LogP contribution in [0.15, 0.2) is 0 Å². The van der Waals surface area contributed by atoms with Crippen molar-refractivity contribution in [3.63, 3.8) is 0 Å². The number of nitrogens with one attached hydrogen (secondary N) is 1. The Hall–Kier alpha value is -0.280. The van der Waals surface area contributed by atoms with Crippen molar-refractivity contribution in [3.8, 4) is 0 Å². The zero-order chi connectivity index (χ0) is 9.73. The van der Waals surface area contributed by atoms with Gasteiger partial charge in [0.1, 0.15) is 0 Å². The molecular formula is C9H16ClNO2. The summed E-state index contributed by atoms with van der Waals surface area (Å²) in [6.45, 7) is 3.52. The highest BCUT2D eigenvalue weighted by atomic mass is 35.5. The minimum Gasteiger partial charge on any atom is -0.381 e. The first-order valence-electron chi connectivity index (χ1n) is 4.61. The molecular weight excluding hydrogens is 190 g/mol. The third-order valence-corrected chi connectivity index (χ3v) is 2.55. The van der Waals surface area contributed by atoms with Gasteiger partial charge in [-0.3, -0.25) is 4.79 Å². The highest BCUT2D eigenvalue weighted by molar-refractivity contribution is 6.18. The van der Waals surface area contributed by atoms with Gasteiger partial charge in [-0.25, -0.2) is 0 Å². The van der Waals surface area contributed by atoms with Gasteiger partial charge < -0.3 is 10.1 Å². The molecule has 1 amide bonds. The van der Waals surface area contributed by atoms with Crippen LogP contribution in [-0.4, -0.2) is 30.5 Å². The van der Waals surface area contributed by atoms with Crippen LogP contribution in [0.25, 0.3) is 0 Å². The minimum absolute atomic E-state index is 0.0411. The van der Waals surface area contributed by atoms with Crippen LogP contribution in [0.2, 0.25) is 0 Å². The molecule has 76 valence electrons. The summed E-state index contributed by atoms with van der Waals surface area (Å²) in [5.74, 6) is 0.428. The summed E-state index contributed by atoms with van der Waals surface area (Å²) in [5, 5.41) is 2.99. The van der Waals surface area contributed by atoms with Crippen LogP contribution in [0.4, 0.5) is 0 Å². The standard InChI is InChI=1S/C9H16ClNO2/c1-9(3-6-13-7-4-9)11-8(12)2-5-10/h2-7H2,1H3,(H,11,12). The second-order valence-corrected chi connectivity index (χ2v) is 4.04. The van der Waals surface area contributed by atoms with Gasteiger partial charge >= 0.3 is 0 Å². The van der Waals surface area contributed by atoms with Crippen molar-refractivity contribution in [2.24, 2.45) is 0 Å². The largest absolute Gasteiger partial charge is 0.381 e. The van der Waals surface area contributed by atoms with Gasteiger partial charge in [0.05, 0.1) is 0 Å². The Balaban J connectivity index is 2.36. The minimum atomic E-state index is -0.0820. The molecule has 0 aromatic carbocycles. The molecule has 0 aromatic rings. The maximum Gasteiger partial charge on any atom is 0.221 e. The fourth-order valence-corrected chi connectivity index (χ4v) is 1.60. The first kappa shape index (κ1) is 10.8. The third kappa shape index (κ3) is 3.53. The number of amides is 1. The molecule has 0 aromatic heterocycles. The van der Waals surface area contributed by atoms with E-state index in [1.807, 2.05) is 0 Å². The Kier molecular flexibility index (Phi) is 4.00. The number of alkyl halides is 1. The molecule has 1 fully saturated rings. The van der Waals surface area contributed by atoms with Crippen LogP contribution < -0.4 is 5.32 Å². The maximum absolute atomic E-state index is 11.3. The quantitative estimate of drug-likeness (QED) is 0.706. The highest BCUT2D eigenvalue weighted by Gasteiger charge is 2.28. The van der Waals surface area contributed by atoms with E-state index in [1.54, 1.807) is 0 Å². The van der Waals surface area contributed by atoms with E-state index in [1.165, 1.54) is 0 Å². The van der Waals surface area contributed by atoms with E-state index in [0.717, 1.165) is 26.1 Å². The lowest BCUT2D eigenvalue weighted by Gasteiger charge is -2.34. The number of carbonyl (C=O) groups is 1. The normalized spacial score (nSPS) is 21.1. The van der Waals surface area contributed by atoms with Crippen LogP contribution in [0, 0.1) is 0 Å². The number of rotatable bonds is 3. The Bertz CT molecular complexity index is 178. The van der Waals surface area contributed by atoms with E-state index in [9.17, 15) is 4.79 Å². The van der Waals surface area contributed by atoms with Gasteiger partial charge in [0, 0.05) is 31.1 Å². The first-order valence-corrected chi connectivity index (χ1v) is 5.14. The molecule has 0 atom stereocenters. The lowest BCUT2D eigenvalue weighted by Crippen LogP contribution is -2.49. The summed E-state index contributed by atoms with van der Waals surface area (Å²) in [5.41, 5.74) is -0.0820. The van der Waals surface area contributed by atoms with Crippen molar-refractivity contribution in [2.75, 3.05) is 19.1 Å². The third-order valence-electron chi connectivity index (χ3n) is 2.36. The molecule has 1 rings (SSSR count). The lowest BCUT2D eigenvalue weighted by molar-refractivity contribution is -0.123. The second-order valence-electron chi connectivity index (χ2n) is 3.66. The van der Waals surface area contributed by atoms with Crippen LogP contribution in [-0.2, 0) is 9.53 Å². The van der Waals surface area contributed by atoms with Crippen molar-refractivity contribution in [2.45, 2.75) is 31.7 Å². The van der Waals surface area contributed by atoms with Gasteiger partial charge in [0.2, 0.25) is 5.91 Å². The Labute approximate surface area is 83.8 Å². The number of halogens is 1. The molecule has 0 aliphatic carbocycles. The Morgan fingerprint density at radius 2 is 2.15 bits per heavy atom. The summed E-state index contributed by atoms with van der Waals surface area (Å²) in [6.07, 6.45) is 2.18. The summed E-state index contributed by atoms with van der Waals surface area (Å²) in [4.78, 5) is 11.3. The molecule has 0 saturated carbocycles. The van der Waals surface area contributed by atoms with Crippen molar-refractivity contribution in [3.05, 3.63) is 0 Å². The zero-order valence-corrected chi connectivity index (χ0v) is 8.69. The van der Waals surface area contributed by atoms with Crippen molar-refractivity contribution >= 4 is 17.5 Å². The van der Waals surface area contributed by atoms with Gasteiger partial charge in [0.15, 0.2) is 0 Å². The molecule has 0 unspecified atom stereocenters. The van der Waals surface area contributed by atoms with Crippen LogP contribution in [0.3, 0.4) is 0 Å². The first-order chi connectivity index (χ1) is 6.16. The molecule has 1 saturated heterocycles. The molecule has 4 heteroatoms. The van der Waals surface area contributed by atoms with E-state index in [2.05, 4.69) is 12.2 Å². The van der Waals surface area contributed by atoms with Gasteiger partial charge in [0.25, 0.3) is 0 Å². The maximum atomic E-state index is 11.3. The van der Waals surface area contributed by atoms with Crippen molar-refractivity contribution < 1.29 is 9.53 Å². The SMILES string of the molecule is CC1(NC(=O)CCCl)CCOCC1. The summed E-state index contributed by atoms with van der Waals surface area (Å²) >= 11 is 5.47. The van der Waals surface area contributed by atoms with E-state index in [-0.39, 0.29) is 11.4 Å². The molecule has 1 heterocycles. The van der Waals surface area contributed by atoms with Crippen molar-refractivity contribution in [1.82, 2.24) is 5.32 Å². The summed E-state index contributed by atoms with van der Waals surface area (Å²) < 4.78 is 5.23. The second kappa shape index (κ2) is 4.82. The van der Waals surface area contributed by atoms with E-state index in [0.29, 0.717) is 12.3 Å². The van der Waals surface area contributed by atoms with Crippen LogP contribution in [0.5, 0.6) is 0 Å². The number of ether oxygens (including phenoxy) is 1. The summed E-state index contributed by atoms with van der Waals surface area (Å²) in [6, 6.07) is 0. The molecule has 1 aliphatic heterocycles. The van der Waals surface area contributed by atoms with Gasteiger partial charge in [-0.2, -0.15) is 0 Å². The average molecular weight is 206 g/mol. The Morgan fingerprint density at radius 3 is 2.69 bits per heavy atom.